The van der Waals surface area contributed by atoms with Gasteiger partial charge in [-0.15, -0.1) is 0 Å². The monoisotopic (exact) mass is 376 g/mol. The van der Waals surface area contributed by atoms with E-state index in [0.29, 0.717) is 26.6 Å². The van der Waals surface area contributed by atoms with Gasteiger partial charge in [0.25, 0.3) is 0 Å². The fourth-order valence-electron chi connectivity index (χ4n) is 2.69. The molecule has 25 heavy (non-hydrogen) atoms. The molecule has 0 fully saturated rings. The SMILES string of the molecule is COC(=O)c1c(C)c(C)cc2c(=O)cc(-c3ccc(Cl)cc3Cl)oc12. The highest BCUT2D eigenvalue weighted by Crippen LogP contribution is 2.33. The van der Waals surface area contributed by atoms with Crippen molar-refractivity contribution in [3.8, 4) is 11.3 Å². The molecule has 0 spiro atoms. The van der Waals surface area contributed by atoms with E-state index in [1.807, 2.05) is 6.92 Å². The van der Waals surface area contributed by atoms with E-state index < -0.39 is 5.97 Å². The Bertz CT molecular complexity index is 1070. The molecule has 2 aromatic carbocycles. The summed E-state index contributed by atoms with van der Waals surface area (Å²) in [5, 5.41) is 1.13. The Morgan fingerprint density at radius 1 is 1.12 bits per heavy atom. The lowest BCUT2D eigenvalue weighted by Crippen LogP contribution is -2.10. The average molecular weight is 377 g/mol. The fourth-order valence-corrected chi connectivity index (χ4v) is 3.19. The molecule has 0 aliphatic rings. The summed E-state index contributed by atoms with van der Waals surface area (Å²) >= 11 is 12.1. The number of aryl methyl sites for hydroxylation is 1. The van der Waals surface area contributed by atoms with Crippen molar-refractivity contribution >= 4 is 40.1 Å². The third-order valence-corrected chi connectivity index (χ3v) is 4.67. The Labute approximate surface area is 153 Å². The molecule has 1 aromatic heterocycles. The molecule has 0 radical (unpaired) electrons. The van der Waals surface area contributed by atoms with Gasteiger partial charge in [0.05, 0.1) is 17.5 Å². The summed E-state index contributed by atoms with van der Waals surface area (Å²) in [6, 6.07) is 7.93. The van der Waals surface area contributed by atoms with Crippen LogP contribution in [0, 0.1) is 13.8 Å². The number of hydrogen-bond donors (Lipinski definition) is 0. The fraction of sp³-hybridized carbons (Fsp3) is 0.158. The van der Waals surface area contributed by atoms with E-state index in [0.717, 1.165) is 5.56 Å². The first-order chi connectivity index (χ1) is 11.8. The van der Waals surface area contributed by atoms with Crippen molar-refractivity contribution in [3.63, 3.8) is 0 Å². The highest BCUT2D eigenvalue weighted by atomic mass is 35.5. The molecule has 0 aliphatic heterocycles. The molecule has 0 saturated heterocycles. The van der Waals surface area contributed by atoms with Crippen LogP contribution in [0.3, 0.4) is 0 Å². The molecule has 0 amide bonds. The third kappa shape index (κ3) is 3.03. The number of carbonyl (C=O) groups excluding carboxylic acids is 1. The first-order valence-electron chi connectivity index (χ1n) is 7.45. The van der Waals surface area contributed by atoms with Crippen LogP contribution in [0.5, 0.6) is 0 Å². The number of rotatable bonds is 2. The third-order valence-electron chi connectivity index (χ3n) is 4.12. The van der Waals surface area contributed by atoms with Crippen LogP contribution in [0.1, 0.15) is 21.5 Å². The first kappa shape index (κ1) is 17.5. The lowest BCUT2D eigenvalue weighted by molar-refractivity contribution is 0.0601. The minimum absolute atomic E-state index is 0.184. The number of hydrogen-bond acceptors (Lipinski definition) is 4. The summed E-state index contributed by atoms with van der Waals surface area (Å²) < 4.78 is 10.8. The Kier molecular flexibility index (Phi) is 4.58. The van der Waals surface area contributed by atoms with Crippen LogP contribution in [0.25, 0.3) is 22.3 Å². The lowest BCUT2D eigenvalue weighted by atomic mass is 9.99. The number of fused-ring (bicyclic) bond motifs is 1. The maximum absolute atomic E-state index is 12.6. The van der Waals surface area contributed by atoms with Gasteiger partial charge in [-0.25, -0.2) is 4.79 Å². The maximum atomic E-state index is 12.6. The summed E-state index contributed by atoms with van der Waals surface area (Å²) in [6.45, 7) is 3.60. The van der Waals surface area contributed by atoms with Crippen molar-refractivity contribution < 1.29 is 13.9 Å². The molecule has 3 rings (SSSR count). The Hall–Kier alpha value is -2.30. The van der Waals surface area contributed by atoms with E-state index in [2.05, 4.69) is 0 Å². The molecule has 3 aromatic rings. The van der Waals surface area contributed by atoms with Crippen LogP contribution in [0.15, 0.2) is 39.5 Å². The zero-order valence-corrected chi connectivity index (χ0v) is 15.3. The zero-order valence-electron chi connectivity index (χ0n) is 13.8. The van der Waals surface area contributed by atoms with Crippen molar-refractivity contribution in [1.29, 1.82) is 0 Å². The van der Waals surface area contributed by atoms with E-state index >= 15 is 0 Å². The smallest absolute Gasteiger partial charge is 0.341 e. The predicted molar refractivity (Wildman–Crippen MR) is 98.8 cm³/mol. The Morgan fingerprint density at radius 3 is 2.48 bits per heavy atom. The average Bonchev–Trinajstić information content (AvgIpc) is 2.56. The van der Waals surface area contributed by atoms with Gasteiger partial charge in [-0.3, -0.25) is 4.79 Å². The molecular formula is C19H14Cl2O4. The van der Waals surface area contributed by atoms with Crippen LogP contribution < -0.4 is 5.43 Å². The molecule has 0 N–H and O–H groups in total. The summed E-state index contributed by atoms with van der Waals surface area (Å²) in [5.41, 5.74) is 2.17. The Morgan fingerprint density at radius 2 is 1.84 bits per heavy atom. The van der Waals surface area contributed by atoms with E-state index in [1.54, 1.807) is 31.2 Å². The number of esters is 1. The van der Waals surface area contributed by atoms with Gasteiger partial charge >= 0.3 is 5.97 Å². The molecule has 0 saturated carbocycles. The largest absolute Gasteiger partial charge is 0.465 e. The van der Waals surface area contributed by atoms with Gasteiger partial charge in [0.1, 0.15) is 11.3 Å². The van der Waals surface area contributed by atoms with Crippen molar-refractivity contribution in [1.82, 2.24) is 0 Å². The second-order valence-corrected chi connectivity index (χ2v) is 6.50. The number of benzene rings is 2. The second kappa shape index (κ2) is 6.54. The summed E-state index contributed by atoms with van der Waals surface area (Å²) in [7, 11) is 1.29. The summed E-state index contributed by atoms with van der Waals surface area (Å²) in [5.74, 6) is -0.304. The van der Waals surface area contributed by atoms with Crippen LogP contribution in [-0.2, 0) is 4.74 Å². The molecule has 0 unspecified atom stereocenters. The van der Waals surface area contributed by atoms with Gasteiger partial charge < -0.3 is 9.15 Å². The van der Waals surface area contributed by atoms with E-state index in [1.165, 1.54) is 13.2 Å². The topological polar surface area (TPSA) is 56.5 Å². The van der Waals surface area contributed by atoms with Gasteiger partial charge in [0, 0.05) is 16.7 Å². The zero-order chi connectivity index (χ0) is 18.3. The maximum Gasteiger partial charge on any atom is 0.341 e. The minimum Gasteiger partial charge on any atom is -0.465 e. The molecular weight excluding hydrogens is 363 g/mol. The van der Waals surface area contributed by atoms with Gasteiger partial charge in [0.15, 0.2) is 11.0 Å². The van der Waals surface area contributed by atoms with Gasteiger partial charge in [0.2, 0.25) is 0 Å². The number of ether oxygens (including phenoxy) is 1. The number of halogens is 2. The second-order valence-electron chi connectivity index (χ2n) is 5.66. The molecule has 6 heteroatoms. The standard InChI is InChI=1S/C19H14Cl2O4/c1-9-6-13-15(22)8-16(12-5-4-11(20)7-14(12)21)25-18(13)17(10(9)2)19(23)24-3/h4-8H,1-3H3. The predicted octanol–water partition coefficient (Wildman–Crippen LogP) is 5.17. The van der Waals surface area contributed by atoms with E-state index in [9.17, 15) is 9.59 Å². The van der Waals surface area contributed by atoms with Crippen molar-refractivity contribution in [3.05, 3.63) is 67.3 Å². The van der Waals surface area contributed by atoms with E-state index in [4.69, 9.17) is 32.4 Å². The number of carbonyl (C=O) groups is 1. The van der Waals surface area contributed by atoms with Crippen LogP contribution >= 0.6 is 23.2 Å². The number of methoxy groups -OCH3 is 1. The van der Waals surface area contributed by atoms with Gasteiger partial charge in [-0.2, -0.15) is 0 Å². The molecule has 0 aliphatic carbocycles. The minimum atomic E-state index is -0.561. The summed E-state index contributed by atoms with van der Waals surface area (Å²) in [6.07, 6.45) is 0. The van der Waals surface area contributed by atoms with Crippen LogP contribution in [0.2, 0.25) is 10.0 Å². The molecule has 1 heterocycles. The van der Waals surface area contributed by atoms with Gasteiger partial charge in [-0.05, 0) is 49.2 Å². The van der Waals surface area contributed by atoms with Crippen molar-refractivity contribution in [2.45, 2.75) is 13.8 Å². The lowest BCUT2D eigenvalue weighted by Gasteiger charge is -2.12. The van der Waals surface area contributed by atoms with E-state index in [-0.39, 0.29) is 22.3 Å². The van der Waals surface area contributed by atoms with Crippen molar-refractivity contribution in [2.75, 3.05) is 7.11 Å². The highest BCUT2D eigenvalue weighted by Gasteiger charge is 2.21. The highest BCUT2D eigenvalue weighted by molar-refractivity contribution is 6.36. The van der Waals surface area contributed by atoms with Crippen molar-refractivity contribution in [2.24, 2.45) is 0 Å². The molecule has 4 nitrogen and oxygen atoms in total. The summed E-state index contributed by atoms with van der Waals surface area (Å²) in [4.78, 5) is 24.8. The first-order valence-corrected chi connectivity index (χ1v) is 8.21. The Balaban J connectivity index is 2.40. The van der Waals surface area contributed by atoms with Gasteiger partial charge in [-0.1, -0.05) is 23.2 Å². The molecule has 0 bridgehead atoms. The molecule has 0 atom stereocenters. The molecule has 128 valence electrons. The van der Waals surface area contributed by atoms with Crippen LogP contribution in [-0.4, -0.2) is 13.1 Å². The normalized spacial score (nSPS) is 10.9. The quantitative estimate of drug-likeness (QED) is 0.578. The van der Waals surface area contributed by atoms with Crippen LogP contribution in [0.4, 0.5) is 0 Å².